The molecule has 0 aromatic heterocycles. The molecule has 0 unspecified atom stereocenters. The lowest BCUT2D eigenvalue weighted by Gasteiger charge is -2.02. The molecule has 1 N–H and O–H groups in total. The first-order valence-corrected chi connectivity index (χ1v) is 3.74. The zero-order valence-corrected chi connectivity index (χ0v) is 6.44. The summed E-state index contributed by atoms with van der Waals surface area (Å²) >= 11 is 0. The zero-order valence-electron chi connectivity index (χ0n) is 6.44. The van der Waals surface area contributed by atoms with Gasteiger partial charge in [-0.25, -0.2) is 0 Å². The molecule has 0 bridgehead atoms. The third kappa shape index (κ3) is 1.09. The number of fused-ring (bicyclic) bond motifs is 1. The van der Waals surface area contributed by atoms with Crippen LogP contribution in [0.25, 0.3) is 0 Å². The van der Waals surface area contributed by atoms with E-state index in [1.165, 1.54) is 0 Å². The molecule has 0 saturated heterocycles. The second kappa shape index (κ2) is 2.77. The Bertz CT molecular complexity index is 356. The maximum Gasteiger partial charge on any atom is 0.121 e. The molecule has 0 amide bonds. The van der Waals surface area contributed by atoms with Crippen LogP contribution in [-0.4, -0.2) is 5.11 Å². The molecule has 2 rings (SSSR count). The fraction of sp³-hybridized carbons (Fsp3) is 0.111. The highest BCUT2D eigenvalue weighted by Gasteiger charge is 2.06. The predicted molar refractivity (Wildman–Crippen MR) is 45.5 cm³/mol. The average Bonchev–Trinajstić information content (AvgIpc) is 2.30. The van der Waals surface area contributed by atoms with E-state index in [0.29, 0.717) is 6.42 Å². The minimum absolute atomic E-state index is 0.290. The van der Waals surface area contributed by atoms with Crippen molar-refractivity contribution in [2.75, 3.05) is 0 Å². The van der Waals surface area contributed by atoms with Gasteiger partial charge in [0.1, 0.15) is 5.75 Å². The molecule has 12 heavy (non-hydrogen) atoms. The predicted octanol–water partition coefficient (Wildman–Crippen LogP) is 2.55. The average molecular weight is 160 g/mol. The van der Waals surface area contributed by atoms with Gasteiger partial charge in [-0.15, -0.1) is 0 Å². The number of allylic oxidation sites excluding steroid dienone is 1. The molecule has 1 aromatic rings. The first-order valence-electron chi connectivity index (χ1n) is 3.74. The van der Waals surface area contributed by atoms with Gasteiger partial charge in [0.2, 0.25) is 0 Å². The Morgan fingerprint density at radius 2 is 2.25 bits per heavy atom. The highest BCUT2D eigenvalue weighted by atomic mass is 16.3. The summed E-state index contributed by atoms with van der Waals surface area (Å²) in [6.45, 7) is 0. The normalized spacial score (nSPS) is 14.0. The quantitative estimate of drug-likeness (QED) is 0.622. The molecule has 3 nitrogen and oxygen atoms in total. The van der Waals surface area contributed by atoms with Crippen LogP contribution in [-0.2, 0) is 6.42 Å². The molecule has 0 saturated carbocycles. The van der Waals surface area contributed by atoms with Crippen LogP contribution in [0.4, 0.5) is 5.69 Å². The lowest BCUT2D eigenvalue weighted by molar-refractivity contribution is 0.470. The molecule has 0 atom stereocenters. The standard InChI is InChI=1S/C9H8N2O/c12-9-5-1-4-8-7(9)3-2-6-10-11-8/h1-2,4-6,12H,3H2. The van der Waals surface area contributed by atoms with Gasteiger partial charge < -0.3 is 5.11 Å². The van der Waals surface area contributed by atoms with Gasteiger partial charge >= 0.3 is 0 Å². The van der Waals surface area contributed by atoms with Crippen molar-refractivity contribution in [3.63, 3.8) is 0 Å². The summed E-state index contributed by atoms with van der Waals surface area (Å²) < 4.78 is 0. The Morgan fingerprint density at radius 3 is 3.17 bits per heavy atom. The van der Waals surface area contributed by atoms with E-state index in [9.17, 15) is 5.11 Å². The van der Waals surface area contributed by atoms with Crippen molar-refractivity contribution in [3.8, 4) is 5.75 Å². The Labute approximate surface area is 70.1 Å². The van der Waals surface area contributed by atoms with Gasteiger partial charge in [0.25, 0.3) is 0 Å². The number of hydrogen-bond donors (Lipinski definition) is 1. The van der Waals surface area contributed by atoms with Gasteiger partial charge in [0, 0.05) is 11.8 Å². The highest BCUT2D eigenvalue weighted by molar-refractivity contribution is 5.53. The van der Waals surface area contributed by atoms with E-state index in [1.54, 1.807) is 18.3 Å². The summed E-state index contributed by atoms with van der Waals surface area (Å²) in [5.74, 6) is 0.290. The van der Waals surface area contributed by atoms with Crippen LogP contribution in [0.2, 0.25) is 0 Å². The van der Waals surface area contributed by atoms with Crippen LogP contribution in [0.5, 0.6) is 5.75 Å². The van der Waals surface area contributed by atoms with E-state index >= 15 is 0 Å². The second-order valence-corrected chi connectivity index (χ2v) is 2.58. The van der Waals surface area contributed by atoms with Crippen LogP contribution in [0, 0.1) is 0 Å². The van der Waals surface area contributed by atoms with Crippen LogP contribution < -0.4 is 0 Å². The zero-order chi connectivity index (χ0) is 8.39. The molecule has 1 aromatic carbocycles. The van der Waals surface area contributed by atoms with E-state index in [1.807, 2.05) is 12.1 Å². The minimum atomic E-state index is 0.290. The van der Waals surface area contributed by atoms with Crippen LogP contribution in [0.15, 0.2) is 40.7 Å². The third-order valence-electron chi connectivity index (χ3n) is 1.79. The number of rotatable bonds is 0. The molecule has 60 valence electrons. The van der Waals surface area contributed by atoms with Crippen molar-refractivity contribution in [2.45, 2.75) is 6.42 Å². The molecular weight excluding hydrogens is 152 g/mol. The summed E-state index contributed by atoms with van der Waals surface area (Å²) in [6.07, 6.45) is 4.20. The summed E-state index contributed by atoms with van der Waals surface area (Å²) in [5, 5.41) is 17.2. The minimum Gasteiger partial charge on any atom is -0.508 e. The molecule has 1 aliphatic rings. The number of phenols is 1. The molecule has 1 aliphatic heterocycles. The monoisotopic (exact) mass is 160 g/mol. The van der Waals surface area contributed by atoms with E-state index < -0.39 is 0 Å². The van der Waals surface area contributed by atoms with Crippen LogP contribution >= 0.6 is 0 Å². The maximum absolute atomic E-state index is 9.45. The topological polar surface area (TPSA) is 45.0 Å². The summed E-state index contributed by atoms with van der Waals surface area (Å²) in [4.78, 5) is 0. The van der Waals surface area contributed by atoms with Gasteiger partial charge in [-0.3, -0.25) is 0 Å². The summed E-state index contributed by atoms with van der Waals surface area (Å²) in [6, 6.07) is 5.26. The fourth-order valence-corrected chi connectivity index (χ4v) is 1.18. The van der Waals surface area contributed by atoms with Crippen molar-refractivity contribution in [1.29, 1.82) is 0 Å². The molecule has 1 heterocycles. The third-order valence-corrected chi connectivity index (χ3v) is 1.79. The SMILES string of the molecule is Oc1cccc2c1CC=CN=N2. The molecule has 3 heteroatoms. The van der Waals surface area contributed by atoms with E-state index in [0.717, 1.165) is 11.3 Å². The van der Waals surface area contributed by atoms with Crippen molar-refractivity contribution in [2.24, 2.45) is 10.2 Å². The molecule has 0 spiro atoms. The number of aromatic hydroxyl groups is 1. The lowest BCUT2D eigenvalue weighted by Crippen LogP contribution is -1.81. The maximum atomic E-state index is 9.45. The van der Waals surface area contributed by atoms with E-state index in [-0.39, 0.29) is 5.75 Å². The van der Waals surface area contributed by atoms with Gasteiger partial charge in [0.15, 0.2) is 0 Å². The van der Waals surface area contributed by atoms with Crippen LogP contribution in [0.1, 0.15) is 5.56 Å². The number of nitrogens with zero attached hydrogens (tertiary/aromatic N) is 2. The van der Waals surface area contributed by atoms with E-state index in [4.69, 9.17) is 0 Å². The van der Waals surface area contributed by atoms with Gasteiger partial charge in [-0.1, -0.05) is 12.1 Å². The molecule has 0 fully saturated rings. The van der Waals surface area contributed by atoms with Gasteiger partial charge in [-0.2, -0.15) is 10.2 Å². The number of hydrogen-bond acceptors (Lipinski definition) is 3. The molecular formula is C9H8N2O. The van der Waals surface area contributed by atoms with Gasteiger partial charge in [-0.05, 0) is 18.6 Å². The summed E-state index contributed by atoms with van der Waals surface area (Å²) in [7, 11) is 0. The summed E-state index contributed by atoms with van der Waals surface area (Å²) in [5.41, 5.74) is 1.59. The fourth-order valence-electron chi connectivity index (χ4n) is 1.18. The first kappa shape index (κ1) is 7.03. The Balaban J connectivity index is 2.59. The van der Waals surface area contributed by atoms with Crippen molar-refractivity contribution >= 4 is 5.69 Å². The Morgan fingerprint density at radius 1 is 1.33 bits per heavy atom. The number of phenolic OH excluding ortho intramolecular Hbond substituents is 1. The molecule has 0 radical (unpaired) electrons. The van der Waals surface area contributed by atoms with Gasteiger partial charge in [0.05, 0.1) is 5.69 Å². The van der Waals surface area contributed by atoms with Crippen molar-refractivity contribution in [1.82, 2.24) is 0 Å². The lowest BCUT2D eigenvalue weighted by atomic mass is 10.1. The van der Waals surface area contributed by atoms with Crippen LogP contribution in [0.3, 0.4) is 0 Å². The first-order chi connectivity index (χ1) is 5.88. The molecule has 0 aliphatic carbocycles. The smallest absolute Gasteiger partial charge is 0.121 e. The highest BCUT2D eigenvalue weighted by Crippen LogP contribution is 2.29. The van der Waals surface area contributed by atoms with Crippen molar-refractivity contribution < 1.29 is 5.11 Å². The number of benzene rings is 1. The second-order valence-electron chi connectivity index (χ2n) is 2.58. The Kier molecular flexibility index (Phi) is 1.63. The van der Waals surface area contributed by atoms with Crippen molar-refractivity contribution in [3.05, 3.63) is 36.0 Å². The van der Waals surface area contributed by atoms with E-state index in [2.05, 4.69) is 10.2 Å². The largest absolute Gasteiger partial charge is 0.508 e. The Hall–Kier alpha value is -1.64. The number of azo groups is 1.